The second-order valence-corrected chi connectivity index (χ2v) is 9.20. The summed E-state index contributed by atoms with van der Waals surface area (Å²) in [6.07, 6.45) is 8.29. The van der Waals surface area contributed by atoms with Gasteiger partial charge in [0.2, 0.25) is 0 Å². The lowest BCUT2D eigenvalue weighted by Gasteiger charge is -2.33. The van der Waals surface area contributed by atoms with Crippen molar-refractivity contribution in [3.8, 4) is 0 Å². The summed E-state index contributed by atoms with van der Waals surface area (Å²) >= 11 is 0. The summed E-state index contributed by atoms with van der Waals surface area (Å²) in [7, 11) is 0. The van der Waals surface area contributed by atoms with Gasteiger partial charge in [0, 0.05) is 25.0 Å². The molecule has 138 valence electrons. The highest BCUT2D eigenvalue weighted by Gasteiger charge is 2.60. The van der Waals surface area contributed by atoms with Gasteiger partial charge >= 0.3 is 5.69 Å². The number of aromatic nitrogens is 4. The predicted octanol–water partition coefficient (Wildman–Crippen LogP) is 2.25. The van der Waals surface area contributed by atoms with Crippen LogP contribution in [0.4, 0.5) is 0 Å². The Balaban J connectivity index is 1.66. The highest BCUT2D eigenvalue weighted by molar-refractivity contribution is 5.72. The zero-order chi connectivity index (χ0) is 17.6. The van der Waals surface area contributed by atoms with E-state index in [-0.39, 0.29) is 16.7 Å². The van der Waals surface area contributed by atoms with Crippen molar-refractivity contribution in [3.05, 3.63) is 26.7 Å². The van der Waals surface area contributed by atoms with Crippen LogP contribution < -0.4 is 11.2 Å². The number of nitrogens with zero attached hydrogens (tertiary/aromatic N) is 4. The molecule has 0 saturated heterocycles. The Morgan fingerprint density at radius 2 is 1.81 bits per heavy atom. The minimum Gasteiger partial charge on any atom is -0.313 e. The van der Waals surface area contributed by atoms with E-state index >= 15 is 0 Å². The zero-order valence-corrected chi connectivity index (χ0v) is 15.4. The average Bonchev–Trinajstić information content (AvgIpc) is 3.22. The number of aryl methyl sites for hydroxylation is 2. The van der Waals surface area contributed by atoms with E-state index in [1.54, 1.807) is 0 Å². The zero-order valence-electron chi connectivity index (χ0n) is 15.4. The van der Waals surface area contributed by atoms with Crippen LogP contribution in [-0.2, 0) is 25.0 Å². The lowest BCUT2D eigenvalue weighted by molar-refractivity contribution is 0.256. The fraction of sp³-hybridized carbons (Fsp3) is 0.750. The fourth-order valence-electron chi connectivity index (χ4n) is 7.08. The second kappa shape index (κ2) is 4.90. The lowest BCUT2D eigenvalue weighted by atomic mass is 9.75. The molecule has 1 aliphatic heterocycles. The molecule has 6 heteroatoms. The summed E-state index contributed by atoms with van der Waals surface area (Å²) in [4.78, 5) is 31.0. The Morgan fingerprint density at radius 1 is 1.08 bits per heavy atom. The van der Waals surface area contributed by atoms with Gasteiger partial charge in [-0.2, -0.15) is 0 Å². The molecule has 2 unspecified atom stereocenters. The van der Waals surface area contributed by atoms with Gasteiger partial charge in [-0.15, -0.1) is 0 Å². The molecule has 4 saturated carbocycles. The van der Waals surface area contributed by atoms with Gasteiger partial charge in [0.1, 0.15) is 11.5 Å². The standard InChI is InChI=1S/C20H26N4O2/c1-2-4-24-17(25)15-16-22(5-3-6-23(16)19(24)26)18(21-15)20-10-12-7-13(11-20)9-14(20)8-12/h12-14H,2-11H2,1H3. The van der Waals surface area contributed by atoms with E-state index in [4.69, 9.17) is 4.98 Å². The maximum absolute atomic E-state index is 13.0. The maximum Gasteiger partial charge on any atom is 0.332 e. The average molecular weight is 354 g/mol. The topological polar surface area (TPSA) is 61.8 Å². The molecule has 2 aromatic rings. The normalized spacial score (nSPS) is 34.3. The van der Waals surface area contributed by atoms with E-state index in [1.807, 2.05) is 11.5 Å². The minimum atomic E-state index is -0.181. The van der Waals surface area contributed by atoms with Gasteiger partial charge < -0.3 is 4.57 Å². The highest BCUT2D eigenvalue weighted by atomic mass is 16.2. The summed E-state index contributed by atoms with van der Waals surface area (Å²) in [6, 6.07) is 0. The molecule has 0 N–H and O–H groups in total. The molecular formula is C20H26N4O2. The first-order valence-corrected chi connectivity index (χ1v) is 10.4. The monoisotopic (exact) mass is 354 g/mol. The van der Waals surface area contributed by atoms with E-state index in [9.17, 15) is 9.59 Å². The summed E-state index contributed by atoms with van der Waals surface area (Å²) in [5.74, 6) is 3.57. The second-order valence-electron chi connectivity index (χ2n) is 9.20. The molecule has 26 heavy (non-hydrogen) atoms. The molecule has 0 spiro atoms. The Kier molecular flexibility index (Phi) is 2.87. The Bertz CT molecular complexity index is 1030. The molecular weight excluding hydrogens is 328 g/mol. The molecule has 2 aromatic heterocycles. The van der Waals surface area contributed by atoms with Crippen molar-refractivity contribution >= 4 is 11.2 Å². The van der Waals surface area contributed by atoms with E-state index < -0.39 is 0 Å². The quantitative estimate of drug-likeness (QED) is 0.849. The molecule has 7 rings (SSSR count). The van der Waals surface area contributed by atoms with Gasteiger partial charge in [-0.05, 0) is 62.7 Å². The maximum atomic E-state index is 13.0. The molecule has 5 aliphatic rings. The van der Waals surface area contributed by atoms with E-state index in [0.29, 0.717) is 18.6 Å². The number of imidazole rings is 1. The van der Waals surface area contributed by atoms with Crippen molar-refractivity contribution in [1.29, 1.82) is 0 Å². The SMILES string of the molecule is CCCn1c(=O)c2nc(C34CC5CC(CC3C5)C4)n3c2n(c1=O)CCC3. The third kappa shape index (κ3) is 1.66. The van der Waals surface area contributed by atoms with Crippen LogP contribution in [0.15, 0.2) is 9.59 Å². The smallest absolute Gasteiger partial charge is 0.313 e. The van der Waals surface area contributed by atoms with Gasteiger partial charge in [-0.25, -0.2) is 9.78 Å². The largest absolute Gasteiger partial charge is 0.332 e. The molecule has 3 heterocycles. The van der Waals surface area contributed by atoms with Crippen LogP contribution in [0.5, 0.6) is 0 Å². The number of rotatable bonds is 3. The third-order valence-corrected chi connectivity index (χ3v) is 7.75. The van der Waals surface area contributed by atoms with Crippen LogP contribution in [0.25, 0.3) is 11.2 Å². The first kappa shape index (κ1) is 15.2. The van der Waals surface area contributed by atoms with Gasteiger partial charge in [-0.1, -0.05) is 6.92 Å². The number of hydrogen-bond donors (Lipinski definition) is 0. The van der Waals surface area contributed by atoms with Gasteiger partial charge in [0.05, 0.1) is 0 Å². The predicted molar refractivity (Wildman–Crippen MR) is 98.4 cm³/mol. The molecule has 6 nitrogen and oxygen atoms in total. The fourth-order valence-corrected chi connectivity index (χ4v) is 7.08. The van der Waals surface area contributed by atoms with Gasteiger partial charge in [-0.3, -0.25) is 13.9 Å². The summed E-state index contributed by atoms with van der Waals surface area (Å²) in [5, 5.41) is 0. The van der Waals surface area contributed by atoms with E-state index in [0.717, 1.165) is 48.6 Å². The van der Waals surface area contributed by atoms with Crippen LogP contribution in [-0.4, -0.2) is 18.7 Å². The van der Waals surface area contributed by atoms with Crippen LogP contribution in [0.3, 0.4) is 0 Å². The summed E-state index contributed by atoms with van der Waals surface area (Å²) in [6.45, 7) is 4.08. The molecule has 0 radical (unpaired) electrons. The molecule has 4 bridgehead atoms. The first-order valence-electron chi connectivity index (χ1n) is 10.4. The molecule has 4 fully saturated rings. The first-order chi connectivity index (χ1) is 12.6. The summed E-state index contributed by atoms with van der Waals surface area (Å²) < 4.78 is 5.49. The van der Waals surface area contributed by atoms with E-state index in [2.05, 4.69) is 4.57 Å². The van der Waals surface area contributed by atoms with Crippen LogP contribution >= 0.6 is 0 Å². The van der Waals surface area contributed by atoms with Crippen molar-refractivity contribution in [1.82, 2.24) is 18.7 Å². The van der Waals surface area contributed by atoms with Crippen LogP contribution in [0.2, 0.25) is 0 Å². The Hall–Kier alpha value is -1.85. The van der Waals surface area contributed by atoms with Crippen molar-refractivity contribution in [2.24, 2.45) is 17.8 Å². The van der Waals surface area contributed by atoms with Crippen molar-refractivity contribution in [2.45, 2.75) is 76.9 Å². The highest BCUT2D eigenvalue weighted by Crippen LogP contribution is 2.65. The Labute approximate surface area is 151 Å². The molecule has 0 amide bonds. The third-order valence-electron chi connectivity index (χ3n) is 7.75. The summed E-state index contributed by atoms with van der Waals surface area (Å²) in [5.41, 5.74) is 1.18. The molecule has 4 aliphatic carbocycles. The molecule has 0 aromatic carbocycles. The van der Waals surface area contributed by atoms with Gasteiger partial charge in [0.25, 0.3) is 5.56 Å². The van der Waals surface area contributed by atoms with Crippen molar-refractivity contribution < 1.29 is 0 Å². The number of hydrogen-bond acceptors (Lipinski definition) is 3. The van der Waals surface area contributed by atoms with Crippen molar-refractivity contribution in [2.75, 3.05) is 0 Å². The minimum absolute atomic E-state index is 0.147. The van der Waals surface area contributed by atoms with E-state index in [1.165, 1.54) is 36.7 Å². The van der Waals surface area contributed by atoms with Crippen molar-refractivity contribution in [3.63, 3.8) is 0 Å². The van der Waals surface area contributed by atoms with Crippen LogP contribution in [0, 0.1) is 17.8 Å². The molecule has 2 atom stereocenters. The van der Waals surface area contributed by atoms with Gasteiger partial charge in [0.15, 0.2) is 5.52 Å². The lowest BCUT2D eigenvalue weighted by Crippen LogP contribution is -2.42. The van der Waals surface area contributed by atoms with Crippen LogP contribution in [0.1, 0.15) is 57.7 Å². The Morgan fingerprint density at radius 3 is 2.54 bits per heavy atom.